The highest BCUT2D eigenvalue weighted by Crippen LogP contribution is 2.31. The Morgan fingerprint density at radius 3 is 2.73 bits per heavy atom. The van der Waals surface area contributed by atoms with Crippen LogP contribution in [0.25, 0.3) is 0 Å². The third kappa shape index (κ3) is 4.37. The van der Waals surface area contributed by atoms with Crippen LogP contribution < -0.4 is 11.1 Å². The number of nitrogens with one attached hydrogen (secondary N) is 1. The van der Waals surface area contributed by atoms with Crippen LogP contribution in [0, 0.1) is 5.92 Å². The minimum atomic E-state index is -4.52. The molecule has 1 atom stereocenters. The van der Waals surface area contributed by atoms with Crippen molar-refractivity contribution in [2.75, 3.05) is 31.9 Å². The summed E-state index contributed by atoms with van der Waals surface area (Å²) in [7, 11) is 0. The number of carbonyl (C=O) groups is 1. The van der Waals surface area contributed by atoms with Gasteiger partial charge in [0.25, 0.3) is 5.91 Å². The van der Waals surface area contributed by atoms with Gasteiger partial charge in [-0.1, -0.05) is 6.92 Å². The Hall–Kier alpha value is -1.76. The molecule has 0 aliphatic carbocycles. The average Bonchev–Trinajstić information content (AvgIpc) is 2.82. The summed E-state index contributed by atoms with van der Waals surface area (Å²) < 4.78 is 38.1. The van der Waals surface area contributed by atoms with Crippen LogP contribution in [0.1, 0.15) is 29.3 Å². The standard InChI is InChI=1S/C15H20F3N3O/c1-10-2-4-21(9-10)5-3-20-14(22)11-6-12(15(16,17)18)8-13(19)7-11/h6-8,10H,2-5,9,19H2,1H3,(H,20,22)/t10-/m0/s1. The van der Waals surface area contributed by atoms with Crippen molar-refractivity contribution in [1.82, 2.24) is 10.2 Å². The fourth-order valence-electron chi connectivity index (χ4n) is 2.61. The zero-order valence-electron chi connectivity index (χ0n) is 12.4. The van der Waals surface area contributed by atoms with Gasteiger partial charge in [-0.3, -0.25) is 4.79 Å². The van der Waals surface area contributed by atoms with Crippen LogP contribution >= 0.6 is 0 Å². The number of benzene rings is 1. The van der Waals surface area contributed by atoms with Gasteiger partial charge < -0.3 is 16.0 Å². The number of alkyl halides is 3. The van der Waals surface area contributed by atoms with E-state index < -0.39 is 17.6 Å². The lowest BCUT2D eigenvalue weighted by atomic mass is 10.1. The van der Waals surface area contributed by atoms with Crippen molar-refractivity contribution in [3.8, 4) is 0 Å². The molecule has 0 saturated carbocycles. The third-order valence-electron chi connectivity index (χ3n) is 3.77. The van der Waals surface area contributed by atoms with E-state index >= 15 is 0 Å². The van der Waals surface area contributed by atoms with Gasteiger partial charge in [0.1, 0.15) is 0 Å². The number of hydrogen-bond acceptors (Lipinski definition) is 3. The molecule has 0 radical (unpaired) electrons. The van der Waals surface area contributed by atoms with Crippen LogP contribution in [-0.2, 0) is 6.18 Å². The van der Waals surface area contributed by atoms with Crippen molar-refractivity contribution in [1.29, 1.82) is 0 Å². The van der Waals surface area contributed by atoms with Gasteiger partial charge in [0.2, 0.25) is 0 Å². The molecule has 1 fully saturated rings. The second-order valence-corrected chi connectivity index (χ2v) is 5.79. The number of rotatable bonds is 4. The molecular weight excluding hydrogens is 295 g/mol. The molecule has 2 rings (SSSR count). The lowest BCUT2D eigenvalue weighted by Gasteiger charge is -2.16. The molecule has 1 aromatic rings. The summed E-state index contributed by atoms with van der Waals surface area (Å²) in [5.74, 6) is 0.115. The van der Waals surface area contributed by atoms with E-state index in [1.807, 2.05) is 0 Å². The van der Waals surface area contributed by atoms with Crippen LogP contribution in [0.4, 0.5) is 18.9 Å². The van der Waals surface area contributed by atoms with Gasteiger partial charge in [0.15, 0.2) is 0 Å². The SMILES string of the molecule is C[C@H]1CCN(CCNC(=O)c2cc(N)cc(C(F)(F)F)c2)C1. The summed E-state index contributed by atoms with van der Waals surface area (Å²) in [5.41, 5.74) is 4.39. The van der Waals surface area contributed by atoms with E-state index in [2.05, 4.69) is 17.1 Å². The van der Waals surface area contributed by atoms with Crippen LogP contribution in [0.3, 0.4) is 0 Å². The first-order chi connectivity index (χ1) is 10.3. The summed E-state index contributed by atoms with van der Waals surface area (Å²) in [6.45, 7) is 5.26. The minimum Gasteiger partial charge on any atom is -0.399 e. The fourth-order valence-corrected chi connectivity index (χ4v) is 2.61. The first kappa shape index (κ1) is 16.6. The van der Waals surface area contributed by atoms with E-state index in [0.29, 0.717) is 19.0 Å². The monoisotopic (exact) mass is 315 g/mol. The smallest absolute Gasteiger partial charge is 0.399 e. The van der Waals surface area contributed by atoms with Crippen molar-refractivity contribution in [3.63, 3.8) is 0 Å². The molecule has 0 unspecified atom stereocenters. The Labute approximate surface area is 127 Å². The molecule has 0 aromatic heterocycles. The Bertz CT molecular complexity index is 545. The van der Waals surface area contributed by atoms with Gasteiger partial charge in [-0.15, -0.1) is 0 Å². The maximum absolute atomic E-state index is 12.7. The van der Waals surface area contributed by atoms with E-state index in [1.165, 1.54) is 6.07 Å². The van der Waals surface area contributed by atoms with E-state index in [4.69, 9.17) is 5.73 Å². The van der Waals surface area contributed by atoms with Gasteiger partial charge in [0.05, 0.1) is 5.56 Å². The molecule has 1 saturated heterocycles. The average molecular weight is 315 g/mol. The van der Waals surface area contributed by atoms with Crippen LogP contribution in [0.2, 0.25) is 0 Å². The Balaban J connectivity index is 1.93. The molecule has 1 heterocycles. The Kier molecular flexibility index (Phi) is 4.95. The molecule has 1 aliphatic heterocycles. The van der Waals surface area contributed by atoms with Crippen molar-refractivity contribution in [3.05, 3.63) is 29.3 Å². The molecule has 4 nitrogen and oxygen atoms in total. The van der Waals surface area contributed by atoms with Crippen LogP contribution in [0.15, 0.2) is 18.2 Å². The predicted octanol–water partition coefficient (Wildman–Crippen LogP) is 2.36. The zero-order chi connectivity index (χ0) is 16.3. The highest BCUT2D eigenvalue weighted by Gasteiger charge is 2.31. The third-order valence-corrected chi connectivity index (χ3v) is 3.77. The van der Waals surface area contributed by atoms with E-state index in [9.17, 15) is 18.0 Å². The summed E-state index contributed by atoms with van der Waals surface area (Å²) in [6.07, 6.45) is -3.38. The fraction of sp³-hybridized carbons (Fsp3) is 0.533. The maximum atomic E-state index is 12.7. The summed E-state index contributed by atoms with van der Waals surface area (Å²) in [5, 5.41) is 2.64. The second kappa shape index (κ2) is 6.56. The van der Waals surface area contributed by atoms with Gasteiger partial charge in [-0.05, 0) is 37.1 Å². The number of hydrogen-bond donors (Lipinski definition) is 2. The van der Waals surface area contributed by atoms with Gasteiger partial charge in [0, 0.05) is 30.9 Å². The molecule has 0 spiro atoms. The van der Waals surface area contributed by atoms with E-state index in [1.54, 1.807) is 0 Å². The number of nitrogens with zero attached hydrogens (tertiary/aromatic N) is 1. The van der Waals surface area contributed by atoms with Gasteiger partial charge in [-0.25, -0.2) is 0 Å². The number of nitrogens with two attached hydrogens (primary N) is 1. The number of anilines is 1. The molecule has 122 valence electrons. The van der Waals surface area contributed by atoms with Crippen molar-refractivity contribution in [2.24, 2.45) is 5.92 Å². The Morgan fingerprint density at radius 1 is 1.41 bits per heavy atom. The van der Waals surface area contributed by atoms with Crippen LogP contribution in [0.5, 0.6) is 0 Å². The lowest BCUT2D eigenvalue weighted by molar-refractivity contribution is -0.137. The van der Waals surface area contributed by atoms with Gasteiger partial charge >= 0.3 is 6.18 Å². The van der Waals surface area contributed by atoms with Crippen molar-refractivity contribution >= 4 is 11.6 Å². The number of likely N-dealkylation sites (tertiary alicyclic amines) is 1. The predicted molar refractivity (Wildman–Crippen MR) is 78.4 cm³/mol. The molecule has 3 N–H and O–H groups in total. The number of carbonyl (C=O) groups excluding carboxylic acids is 1. The molecule has 22 heavy (non-hydrogen) atoms. The highest BCUT2D eigenvalue weighted by molar-refractivity contribution is 5.95. The van der Waals surface area contributed by atoms with E-state index in [0.717, 1.165) is 31.6 Å². The van der Waals surface area contributed by atoms with Crippen LogP contribution in [-0.4, -0.2) is 37.0 Å². The first-order valence-electron chi connectivity index (χ1n) is 7.24. The topological polar surface area (TPSA) is 58.4 Å². The van der Waals surface area contributed by atoms with Crippen molar-refractivity contribution < 1.29 is 18.0 Å². The maximum Gasteiger partial charge on any atom is 0.416 e. The normalized spacial score (nSPS) is 19.4. The summed E-state index contributed by atoms with van der Waals surface area (Å²) in [6, 6.07) is 2.90. The van der Waals surface area contributed by atoms with E-state index in [-0.39, 0.29) is 11.3 Å². The van der Waals surface area contributed by atoms with Crippen molar-refractivity contribution in [2.45, 2.75) is 19.5 Å². The quantitative estimate of drug-likeness (QED) is 0.839. The summed E-state index contributed by atoms with van der Waals surface area (Å²) >= 11 is 0. The number of nitrogen functional groups attached to an aromatic ring is 1. The highest BCUT2D eigenvalue weighted by atomic mass is 19.4. The minimum absolute atomic E-state index is 0.0675. The largest absolute Gasteiger partial charge is 0.416 e. The molecule has 1 aliphatic rings. The molecule has 0 bridgehead atoms. The lowest BCUT2D eigenvalue weighted by Crippen LogP contribution is -2.34. The number of halogens is 3. The first-order valence-corrected chi connectivity index (χ1v) is 7.24. The summed E-state index contributed by atoms with van der Waals surface area (Å²) in [4.78, 5) is 14.2. The van der Waals surface area contributed by atoms with Gasteiger partial charge in [-0.2, -0.15) is 13.2 Å². The molecule has 1 amide bonds. The second-order valence-electron chi connectivity index (χ2n) is 5.79. The number of amides is 1. The molecule has 7 heteroatoms. The molecular formula is C15H20F3N3O. The molecule has 1 aromatic carbocycles. The zero-order valence-corrected chi connectivity index (χ0v) is 12.4. The Morgan fingerprint density at radius 2 is 2.14 bits per heavy atom.